The molecule has 2 atom stereocenters. The molecule has 7 heteroatoms. The van der Waals surface area contributed by atoms with Gasteiger partial charge in [-0.15, -0.1) is 0 Å². The highest BCUT2D eigenvalue weighted by Gasteiger charge is 2.32. The number of carbonyl (C=O) groups excluding carboxylic acids is 3. The van der Waals surface area contributed by atoms with Crippen molar-refractivity contribution in [1.82, 2.24) is 10.6 Å². The number of likely N-dealkylation sites (N-methyl/N-ethyl adjacent to an activating group) is 1. The Morgan fingerprint density at radius 3 is 2.34 bits per heavy atom. The van der Waals surface area contributed by atoms with E-state index in [9.17, 15) is 14.4 Å². The lowest BCUT2D eigenvalue weighted by atomic mass is 9.92. The Morgan fingerprint density at radius 2 is 1.69 bits per heavy atom. The molecular formula is C25H30N4O3. The van der Waals surface area contributed by atoms with Crippen LogP contribution in [0.2, 0.25) is 0 Å². The average Bonchev–Trinajstić information content (AvgIpc) is 2.83. The first-order chi connectivity index (χ1) is 15.1. The van der Waals surface area contributed by atoms with Gasteiger partial charge in [-0.2, -0.15) is 0 Å². The van der Waals surface area contributed by atoms with Crippen LogP contribution in [0, 0.1) is 5.41 Å². The van der Waals surface area contributed by atoms with Crippen LogP contribution in [0.15, 0.2) is 59.6 Å². The summed E-state index contributed by atoms with van der Waals surface area (Å²) in [5.41, 5.74) is 2.78. The summed E-state index contributed by atoms with van der Waals surface area (Å²) in [6.45, 7) is 7.45. The van der Waals surface area contributed by atoms with E-state index in [1.807, 2.05) is 75.4 Å². The summed E-state index contributed by atoms with van der Waals surface area (Å²) in [6, 6.07) is 16.2. The maximum atomic E-state index is 13.2. The molecule has 0 bridgehead atoms. The summed E-state index contributed by atoms with van der Waals surface area (Å²) >= 11 is 0. The fourth-order valence-corrected chi connectivity index (χ4v) is 3.54. The maximum Gasteiger partial charge on any atom is 0.272 e. The maximum absolute atomic E-state index is 13.2. The van der Waals surface area contributed by atoms with E-state index in [-0.39, 0.29) is 17.2 Å². The number of hydrogen-bond acceptors (Lipinski definition) is 4. The molecule has 0 aromatic heterocycles. The zero-order valence-electron chi connectivity index (χ0n) is 19.2. The monoisotopic (exact) mass is 434 g/mol. The van der Waals surface area contributed by atoms with E-state index >= 15 is 0 Å². The number of benzodiazepines with no additional fused rings is 1. The minimum absolute atomic E-state index is 0.194. The van der Waals surface area contributed by atoms with E-state index < -0.39 is 18.1 Å². The highest BCUT2D eigenvalue weighted by Crippen LogP contribution is 2.27. The molecule has 32 heavy (non-hydrogen) atoms. The van der Waals surface area contributed by atoms with Crippen LogP contribution in [0.3, 0.4) is 0 Å². The van der Waals surface area contributed by atoms with Gasteiger partial charge in [0.05, 0.1) is 11.4 Å². The van der Waals surface area contributed by atoms with Gasteiger partial charge in [-0.1, -0.05) is 69.3 Å². The number of nitrogens with one attached hydrogen (secondary N) is 2. The van der Waals surface area contributed by atoms with E-state index in [0.717, 1.165) is 11.1 Å². The Bertz CT molecular complexity index is 1040. The number of para-hydroxylation sites is 1. The van der Waals surface area contributed by atoms with Crippen LogP contribution in [0.5, 0.6) is 0 Å². The Balaban J connectivity index is 1.88. The predicted octanol–water partition coefficient (Wildman–Crippen LogP) is 2.88. The van der Waals surface area contributed by atoms with Crippen LogP contribution >= 0.6 is 0 Å². The smallest absolute Gasteiger partial charge is 0.272 e. The number of rotatable bonds is 5. The van der Waals surface area contributed by atoms with Gasteiger partial charge in [0.15, 0.2) is 0 Å². The second-order valence-corrected chi connectivity index (χ2v) is 9.20. The van der Waals surface area contributed by atoms with Gasteiger partial charge in [-0.25, -0.2) is 4.99 Å². The molecule has 2 N–H and O–H groups in total. The van der Waals surface area contributed by atoms with Gasteiger partial charge in [0.1, 0.15) is 6.04 Å². The van der Waals surface area contributed by atoms with Gasteiger partial charge in [-0.3, -0.25) is 14.4 Å². The van der Waals surface area contributed by atoms with Gasteiger partial charge < -0.3 is 15.5 Å². The number of nitrogens with zero attached hydrogens (tertiary/aromatic N) is 2. The highest BCUT2D eigenvalue weighted by molar-refractivity contribution is 6.20. The lowest BCUT2D eigenvalue weighted by Gasteiger charge is -2.23. The molecule has 1 aliphatic rings. The van der Waals surface area contributed by atoms with Crippen molar-refractivity contribution in [3.63, 3.8) is 0 Å². The number of fused-ring (bicyclic) bond motifs is 1. The molecule has 3 rings (SSSR count). The standard InChI is InChI=1S/C25H30N4O3/c1-16(26-20(30)15-25(2,3)4)23(31)28-22-24(32)29(5)19-14-10-9-13-18(19)21(27-22)17-11-7-6-8-12-17/h6-14,16,22H,15H2,1-5H3,(H,26,30)(H,28,31)/t16-,22+/m0/s1. The number of anilines is 1. The van der Waals surface area contributed by atoms with E-state index in [0.29, 0.717) is 17.8 Å². The molecule has 0 saturated carbocycles. The largest absolute Gasteiger partial charge is 0.345 e. The molecule has 7 nitrogen and oxygen atoms in total. The van der Waals surface area contributed by atoms with Gasteiger partial charge in [-0.05, 0) is 18.4 Å². The Hall–Kier alpha value is -3.48. The minimum Gasteiger partial charge on any atom is -0.345 e. The Labute approximate surface area is 188 Å². The average molecular weight is 435 g/mol. The van der Waals surface area contributed by atoms with E-state index in [1.54, 1.807) is 14.0 Å². The van der Waals surface area contributed by atoms with Crippen molar-refractivity contribution in [1.29, 1.82) is 0 Å². The normalized spacial score (nSPS) is 17.0. The number of carbonyl (C=O) groups is 3. The molecule has 0 spiro atoms. The second-order valence-electron chi connectivity index (χ2n) is 9.20. The number of benzene rings is 2. The van der Waals surface area contributed by atoms with Crippen LogP contribution < -0.4 is 15.5 Å². The summed E-state index contributed by atoms with van der Waals surface area (Å²) in [5, 5.41) is 5.41. The summed E-state index contributed by atoms with van der Waals surface area (Å²) in [6.07, 6.45) is -0.821. The van der Waals surface area contributed by atoms with Crippen LogP contribution in [0.1, 0.15) is 45.2 Å². The molecule has 1 heterocycles. The lowest BCUT2D eigenvalue weighted by Crippen LogP contribution is -2.52. The van der Waals surface area contributed by atoms with E-state index in [4.69, 9.17) is 0 Å². The van der Waals surface area contributed by atoms with Gasteiger partial charge >= 0.3 is 0 Å². The van der Waals surface area contributed by atoms with E-state index in [1.165, 1.54) is 4.90 Å². The molecule has 0 saturated heterocycles. The molecule has 0 aliphatic carbocycles. The van der Waals surface area contributed by atoms with E-state index in [2.05, 4.69) is 15.6 Å². The van der Waals surface area contributed by atoms with Crippen molar-refractivity contribution < 1.29 is 14.4 Å². The molecule has 2 aromatic carbocycles. The van der Waals surface area contributed by atoms with Gasteiger partial charge in [0, 0.05) is 24.6 Å². The number of aliphatic imine (C=N–C) groups is 1. The van der Waals surface area contributed by atoms with Crippen molar-refractivity contribution in [2.45, 2.75) is 46.3 Å². The highest BCUT2D eigenvalue weighted by atomic mass is 16.2. The molecular weight excluding hydrogens is 404 g/mol. The third-order valence-electron chi connectivity index (χ3n) is 5.13. The zero-order valence-corrected chi connectivity index (χ0v) is 19.2. The Morgan fingerprint density at radius 1 is 1.06 bits per heavy atom. The minimum atomic E-state index is -1.11. The fourth-order valence-electron chi connectivity index (χ4n) is 3.54. The van der Waals surface area contributed by atoms with Crippen molar-refractivity contribution in [3.05, 3.63) is 65.7 Å². The molecule has 0 unspecified atom stereocenters. The molecule has 0 radical (unpaired) electrons. The zero-order chi connectivity index (χ0) is 23.5. The van der Waals surface area contributed by atoms with Crippen LogP contribution in [-0.4, -0.2) is 42.7 Å². The van der Waals surface area contributed by atoms with Crippen LogP contribution in [0.25, 0.3) is 0 Å². The molecule has 2 aromatic rings. The summed E-state index contributed by atoms with van der Waals surface area (Å²) in [7, 11) is 1.66. The molecule has 0 fully saturated rings. The predicted molar refractivity (Wildman–Crippen MR) is 126 cm³/mol. The topological polar surface area (TPSA) is 90.9 Å². The summed E-state index contributed by atoms with van der Waals surface area (Å²) in [4.78, 5) is 44.4. The van der Waals surface area contributed by atoms with Gasteiger partial charge in [0.2, 0.25) is 18.0 Å². The first kappa shape index (κ1) is 23.2. The first-order valence-electron chi connectivity index (χ1n) is 10.7. The number of hydrogen-bond donors (Lipinski definition) is 2. The first-order valence-corrected chi connectivity index (χ1v) is 10.7. The SMILES string of the molecule is C[C@H](NC(=O)CC(C)(C)C)C(=O)N[C@H]1N=C(c2ccccc2)c2ccccc2N(C)C1=O. The van der Waals surface area contributed by atoms with Crippen molar-refractivity contribution >= 4 is 29.1 Å². The van der Waals surface area contributed by atoms with Crippen molar-refractivity contribution in [2.75, 3.05) is 11.9 Å². The van der Waals surface area contributed by atoms with Crippen molar-refractivity contribution in [2.24, 2.45) is 10.4 Å². The Kier molecular flexibility index (Phi) is 6.77. The summed E-state index contributed by atoms with van der Waals surface area (Å²) < 4.78 is 0. The third-order valence-corrected chi connectivity index (χ3v) is 5.13. The quantitative estimate of drug-likeness (QED) is 0.758. The van der Waals surface area contributed by atoms with Gasteiger partial charge in [0.25, 0.3) is 5.91 Å². The van der Waals surface area contributed by atoms with Crippen LogP contribution in [-0.2, 0) is 14.4 Å². The molecule has 168 valence electrons. The van der Waals surface area contributed by atoms with Crippen LogP contribution in [0.4, 0.5) is 5.69 Å². The third kappa shape index (κ3) is 5.41. The summed E-state index contributed by atoms with van der Waals surface area (Å²) in [5.74, 6) is -1.04. The lowest BCUT2D eigenvalue weighted by molar-refractivity contribution is -0.131. The molecule has 3 amide bonds. The second kappa shape index (κ2) is 9.34. The number of amides is 3. The van der Waals surface area contributed by atoms with Crippen molar-refractivity contribution in [3.8, 4) is 0 Å². The fraction of sp³-hybridized carbons (Fsp3) is 0.360. The molecule has 1 aliphatic heterocycles.